The second-order valence-electron chi connectivity index (χ2n) is 6.29. The van der Waals surface area contributed by atoms with Crippen molar-refractivity contribution in [2.75, 3.05) is 26.2 Å². The summed E-state index contributed by atoms with van der Waals surface area (Å²) in [5, 5.41) is 0. The van der Waals surface area contributed by atoms with Gasteiger partial charge in [0.25, 0.3) is 0 Å². The lowest BCUT2D eigenvalue weighted by Gasteiger charge is -2.42. The van der Waals surface area contributed by atoms with Gasteiger partial charge in [-0.1, -0.05) is 6.92 Å². The molecule has 4 nitrogen and oxygen atoms in total. The molecular weight excluding hydrogens is 250 g/mol. The van der Waals surface area contributed by atoms with Gasteiger partial charge in [-0.15, -0.1) is 0 Å². The summed E-state index contributed by atoms with van der Waals surface area (Å²) in [4.78, 5) is 5.19. The van der Waals surface area contributed by atoms with Gasteiger partial charge in [0, 0.05) is 31.7 Å². The Hall–Kier alpha value is -0.840. The number of piperazine rings is 1. The van der Waals surface area contributed by atoms with Crippen LogP contribution in [-0.2, 0) is 0 Å². The Kier molecular flexibility index (Phi) is 4.15. The zero-order valence-corrected chi connectivity index (χ0v) is 12.7. The van der Waals surface area contributed by atoms with Crippen LogP contribution in [0.5, 0.6) is 0 Å². The molecule has 0 aromatic carbocycles. The van der Waals surface area contributed by atoms with Crippen LogP contribution in [0.1, 0.15) is 43.7 Å². The largest absolute Gasteiger partial charge is 0.465 e. The Morgan fingerprint density at radius 1 is 1.35 bits per heavy atom. The summed E-state index contributed by atoms with van der Waals surface area (Å²) >= 11 is 0. The van der Waals surface area contributed by atoms with E-state index in [9.17, 15) is 0 Å². The Morgan fingerprint density at radius 2 is 2.20 bits per heavy atom. The molecule has 2 aliphatic rings. The van der Waals surface area contributed by atoms with Crippen LogP contribution in [0.25, 0.3) is 0 Å². The molecule has 20 heavy (non-hydrogen) atoms. The summed E-state index contributed by atoms with van der Waals surface area (Å²) in [5.41, 5.74) is 6.41. The third-order valence-corrected chi connectivity index (χ3v) is 4.94. The molecule has 3 heterocycles. The van der Waals surface area contributed by atoms with Crippen LogP contribution in [-0.4, -0.2) is 48.1 Å². The topological polar surface area (TPSA) is 45.6 Å². The van der Waals surface area contributed by atoms with Gasteiger partial charge in [0.1, 0.15) is 11.5 Å². The van der Waals surface area contributed by atoms with E-state index in [4.69, 9.17) is 10.2 Å². The molecule has 4 heteroatoms. The second-order valence-corrected chi connectivity index (χ2v) is 6.29. The lowest BCUT2D eigenvalue weighted by molar-refractivity contribution is 0.0521. The Bertz CT molecular complexity index is 445. The number of hydrogen-bond donors (Lipinski definition) is 1. The maximum Gasteiger partial charge on any atom is 0.122 e. The zero-order valence-electron chi connectivity index (χ0n) is 12.7. The van der Waals surface area contributed by atoms with E-state index in [0.717, 1.165) is 37.1 Å². The molecule has 0 aliphatic carbocycles. The fourth-order valence-corrected chi connectivity index (χ4v) is 3.77. The minimum atomic E-state index is 0.147. The van der Waals surface area contributed by atoms with Crippen LogP contribution in [0.4, 0.5) is 0 Å². The van der Waals surface area contributed by atoms with Crippen molar-refractivity contribution in [3.05, 3.63) is 23.7 Å². The van der Waals surface area contributed by atoms with E-state index < -0.39 is 0 Å². The molecule has 2 N–H and O–H groups in total. The molecule has 3 rings (SSSR count). The van der Waals surface area contributed by atoms with Gasteiger partial charge in [-0.05, 0) is 44.9 Å². The second kappa shape index (κ2) is 5.88. The summed E-state index contributed by atoms with van der Waals surface area (Å²) in [6, 6.07) is 5.27. The molecule has 0 bridgehead atoms. The minimum absolute atomic E-state index is 0.147. The first kappa shape index (κ1) is 14.1. The molecule has 2 fully saturated rings. The molecule has 0 spiro atoms. The molecule has 112 valence electrons. The van der Waals surface area contributed by atoms with Crippen LogP contribution < -0.4 is 5.73 Å². The number of aryl methyl sites for hydroxylation is 1. The fraction of sp³-hybridized carbons (Fsp3) is 0.750. The predicted octanol–water partition coefficient (Wildman–Crippen LogP) is 2.15. The van der Waals surface area contributed by atoms with Gasteiger partial charge < -0.3 is 10.2 Å². The average Bonchev–Trinajstić information content (AvgIpc) is 3.07. The standard InChI is InChI=1S/C16H27N3O/c1-3-14(17)16(15-7-6-12(2)20-15)19-10-9-18-8-4-5-13(18)11-19/h6-7,13-14,16H,3-5,8-11,17H2,1-2H3. The molecule has 0 amide bonds. The molecule has 2 saturated heterocycles. The van der Waals surface area contributed by atoms with Gasteiger partial charge in [-0.3, -0.25) is 9.80 Å². The van der Waals surface area contributed by atoms with E-state index in [1.165, 1.54) is 25.9 Å². The minimum Gasteiger partial charge on any atom is -0.465 e. The highest BCUT2D eigenvalue weighted by Gasteiger charge is 2.36. The third kappa shape index (κ3) is 2.65. The summed E-state index contributed by atoms with van der Waals surface area (Å²) < 4.78 is 5.90. The van der Waals surface area contributed by atoms with Crippen LogP contribution in [0, 0.1) is 6.92 Å². The summed E-state index contributed by atoms with van der Waals surface area (Å²) in [6.45, 7) is 8.87. The zero-order chi connectivity index (χ0) is 14.1. The van der Waals surface area contributed by atoms with Crippen molar-refractivity contribution in [1.29, 1.82) is 0 Å². The summed E-state index contributed by atoms with van der Waals surface area (Å²) in [6.07, 6.45) is 3.67. The monoisotopic (exact) mass is 277 g/mol. The van der Waals surface area contributed by atoms with Crippen LogP contribution >= 0.6 is 0 Å². The lowest BCUT2D eigenvalue weighted by atomic mass is 10.00. The summed E-state index contributed by atoms with van der Waals surface area (Å²) in [5.74, 6) is 2.02. The smallest absolute Gasteiger partial charge is 0.122 e. The SMILES string of the molecule is CCC(N)C(c1ccc(C)o1)N1CCN2CCCC2C1. The van der Waals surface area contributed by atoms with Crippen molar-refractivity contribution in [3.63, 3.8) is 0 Å². The van der Waals surface area contributed by atoms with Crippen molar-refractivity contribution in [3.8, 4) is 0 Å². The van der Waals surface area contributed by atoms with Crippen LogP contribution in [0.15, 0.2) is 16.5 Å². The molecule has 1 aromatic heterocycles. The number of nitrogens with two attached hydrogens (primary N) is 1. The summed E-state index contributed by atoms with van der Waals surface area (Å²) in [7, 11) is 0. The van der Waals surface area contributed by atoms with Gasteiger partial charge in [-0.2, -0.15) is 0 Å². The predicted molar refractivity (Wildman–Crippen MR) is 80.6 cm³/mol. The van der Waals surface area contributed by atoms with E-state index >= 15 is 0 Å². The maximum absolute atomic E-state index is 6.41. The highest BCUT2D eigenvalue weighted by molar-refractivity contribution is 5.13. The molecule has 3 atom stereocenters. The van der Waals surface area contributed by atoms with Gasteiger partial charge in [-0.25, -0.2) is 0 Å². The van der Waals surface area contributed by atoms with Crippen molar-refractivity contribution in [1.82, 2.24) is 9.80 Å². The van der Waals surface area contributed by atoms with E-state index in [0.29, 0.717) is 0 Å². The third-order valence-electron chi connectivity index (χ3n) is 4.94. The molecule has 1 aromatic rings. The van der Waals surface area contributed by atoms with E-state index in [2.05, 4.69) is 28.9 Å². The average molecular weight is 277 g/mol. The van der Waals surface area contributed by atoms with Crippen molar-refractivity contribution in [2.24, 2.45) is 5.73 Å². The Morgan fingerprint density at radius 3 is 2.90 bits per heavy atom. The quantitative estimate of drug-likeness (QED) is 0.916. The van der Waals surface area contributed by atoms with E-state index in [-0.39, 0.29) is 12.1 Å². The maximum atomic E-state index is 6.41. The highest BCUT2D eigenvalue weighted by Crippen LogP contribution is 2.31. The fourth-order valence-electron chi connectivity index (χ4n) is 3.77. The molecule has 2 aliphatic heterocycles. The first-order valence-corrected chi connectivity index (χ1v) is 7.99. The number of furan rings is 1. The number of nitrogens with zero attached hydrogens (tertiary/aromatic N) is 2. The molecule has 3 unspecified atom stereocenters. The van der Waals surface area contributed by atoms with E-state index in [1.54, 1.807) is 0 Å². The number of fused-ring (bicyclic) bond motifs is 1. The Labute approximate surface area is 121 Å². The van der Waals surface area contributed by atoms with Crippen LogP contribution in [0.3, 0.4) is 0 Å². The first-order chi connectivity index (χ1) is 9.69. The van der Waals surface area contributed by atoms with Gasteiger partial charge in [0.15, 0.2) is 0 Å². The number of hydrogen-bond acceptors (Lipinski definition) is 4. The Balaban J connectivity index is 1.78. The van der Waals surface area contributed by atoms with Crippen molar-refractivity contribution < 1.29 is 4.42 Å². The molecule has 0 radical (unpaired) electrons. The van der Waals surface area contributed by atoms with Gasteiger partial charge in [0.2, 0.25) is 0 Å². The normalized spacial score (nSPS) is 27.4. The molecular formula is C16H27N3O. The van der Waals surface area contributed by atoms with Gasteiger partial charge >= 0.3 is 0 Å². The van der Waals surface area contributed by atoms with E-state index in [1.807, 2.05) is 6.92 Å². The lowest BCUT2D eigenvalue weighted by Crippen LogP contribution is -2.54. The first-order valence-electron chi connectivity index (χ1n) is 7.99. The van der Waals surface area contributed by atoms with Gasteiger partial charge in [0.05, 0.1) is 6.04 Å². The molecule has 0 saturated carbocycles. The number of rotatable bonds is 4. The van der Waals surface area contributed by atoms with Crippen molar-refractivity contribution >= 4 is 0 Å². The van der Waals surface area contributed by atoms with Crippen LogP contribution in [0.2, 0.25) is 0 Å². The highest BCUT2D eigenvalue weighted by atomic mass is 16.3. The van der Waals surface area contributed by atoms with Crippen molar-refractivity contribution in [2.45, 2.75) is 51.2 Å².